The van der Waals surface area contributed by atoms with Crippen molar-refractivity contribution < 1.29 is 23.1 Å². The second-order valence-corrected chi connectivity index (χ2v) is 4.56. The molecule has 0 atom stereocenters. The molecule has 17 heavy (non-hydrogen) atoms. The number of rotatable bonds is 1. The average molecular weight is 282 g/mol. The van der Waals surface area contributed by atoms with Gasteiger partial charge >= 0.3 is 12.1 Å². The number of aromatic carboxylic acids is 1. The molecule has 8 heteroatoms. The third-order valence-electron chi connectivity index (χ3n) is 1.94. The van der Waals surface area contributed by atoms with Crippen molar-refractivity contribution in [2.75, 3.05) is 0 Å². The summed E-state index contributed by atoms with van der Waals surface area (Å²) in [6, 6.07) is 2.20. The van der Waals surface area contributed by atoms with Gasteiger partial charge in [0.1, 0.15) is 5.52 Å². The normalized spacial score (nSPS) is 12.0. The highest BCUT2D eigenvalue weighted by molar-refractivity contribution is 7.18. The summed E-state index contributed by atoms with van der Waals surface area (Å²) in [4.78, 5) is 14.1. The van der Waals surface area contributed by atoms with Crippen LogP contribution in [0.15, 0.2) is 12.1 Å². The molecule has 0 aliphatic heterocycles. The molecule has 0 spiro atoms. The molecular formula is C9H3ClF3NO2S. The molecule has 90 valence electrons. The van der Waals surface area contributed by atoms with Gasteiger partial charge in [0.15, 0.2) is 5.01 Å². The van der Waals surface area contributed by atoms with Gasteiger partial charge in [-0.15, -0.1) is 11.3 Å². The predicted molar refractivity (Wildman–Crippen MR) is 56.6 cm³/mol. The van der Waals surface area contributed by atoms with Crippen LogP contribution in [0.1, 0.15) is 15.4 Å². The summed E-state index contributed by atoms with van der Waals surface area (Å²) in [6.07, 6.45) is -4.56. The molecule has 0 aliphatic carbocycles. The van der Waals surface area contributed by atoms with Gasteiger partial charge in [0.2, 0.25) is 0 Å². The highest BCUT2D eigenvalue weighted by Gasteiger charge is 2.35. The first-order valence-corrected chi connectivity index (χ1v) is 5.39. The van der Waals surface area contributed by atoms with E-state index in [2.05, 4.69) is 4.98 Å². The molecule has 1 aromatic heterocycles. The van der Waals surface area contributed by atoms with Crippen LogP contribution in [0.3, 0.4) is 0 Å². The van der Waals surface area contributed by atoms with Crippen LogP contribution in [-0.4, -0.2) is 16.1 Å². The van der Waals surface area contributed by atoms with Crippen LogP contribution < -0.4 is 0 Å². The Bertz CT molecular complexity index is 608. The van der Waals surface area contributed by atoms with Crippen LogP contribution in [0.5, 0.6) is 0 Å². The number of carboxylic acids is 1. The predicted octanol–water partition coefficient (Wildman–Crippen LogP) is 3.67. The fraction of sp³-hybridized carbons (Fsp3) is 0.111. The third-order valence-corrected chi connectivity index (χ3v) is 3.27. The maximum absolute atomic E-state index is 12.4. The number of aromatic nitrogens is 1. The smallest absolute Gasteiger partial charge is 0.443 e. The van der Waals surface area contributed by atoms with E-state index in [4.69, 9.17) is 16.7 Å². The monoisotopic (exact) mass is 281 g/mol. The van der Waals surface area contributed by atoms with Gasteiger partial charge < -0.3 is 5.11 Å². The number of benzene rings is 1. The number of alkyl halides is 3. The van der Waals surface area contributed by atoms with Crippen LogP contribution in [-0.2, 0) is 6.18 Å². The Morgan fingerprint density at radius 3 is 2.59 bits per heavy atom. The highest BCUT2D eigenvalue weighted by Crippen LogP contribution is 2.37. The topological polar surface area (TPSA) is 50.2 Å². The van der Waals surface area contributed by atoms with E-state index in [-0.39, 0.29) is 20.8 Å². The Balaban J connectivity index is 2.69. The number of halogens is 4. The van der Waals surface area contributed by atoms with Crippen molar-refractivity contribution in [2.45, 2.75) is 6.18 Å². The Hall–Kier alpha value is -1.34. The molecule has 0 radical (unpaired) electrons. The van der Waals surface area contributed by atoms with Crippen LogP contribution in [0.25, 0.3) is 10.2 Å². The van der Waals surface area contributed by atoms with Crippen LogP contribution in [0, 0.1) is 0 Å². The first-order chi connectivity index (χ1) is 7.79. The van der Waals surface area contributed by atoms with Gasteiger partial charge in [0, 0.05) is 0 Å². The van der Waals surface area contributed by atoms with E-state index in [0.29, 0.717) is 11.3 Å². The minimum atomic E-state index is -4.56. The number of nitrogens with zero attached hydrogens (tertiary/aromatic N) is 1. The Labute approximate surface area is 101 Å². The molecule has 3 nitrogen and oxygen atoms in total. The Kier molecular flexibility index (Phi) is 2.75. The number of hydrogen-bond acceptors (Lipinski definition) is 3. The minimum Gasteiger partial charge on any atom is -0.478 e. The molecule has 1 aromatic carbocycles. The van der Waals surface area contributed by atoms with Gasteiger partial charge in [-0.2, -0.15) is 13.2 Å². The SMILES string of the molecule is O=C(O)c1cc(Cl)c2nc(C(F)(F)F)sc2c1. The summed E-state index contributed by atoms with van der Waals surface area (Å²) in [5.74, 6) is -1.25. The average Bonchev–Trinajstić information content (AvgIpc) is 2.60. The fourth-order valence-corrected chi connectivity index (χ4v) is 2.45. The zero-order valence-corrected chi connectivity index (χ0v) is 9.45. The van der Waals surface area contributed by atoms with Crippen molar-refractivity contribution in [2.24, 2.45) is 0 Å². The zero-order chi connectivity index (χ0) is 12.8. The molecule has 2 rings (SSSR count). The van der Waals surface area contributed by atoms with Crippen LogP contribution >= 0.6 is 22.9 Å². The second kappa shape index (κ2) is 3.85. The van der Waals surface area contributed by atoms with Crippen LogP contribution in [0.2, 0.25) is 5.02 Å². The molecule has 0 bridgehead atoms. The molecule has 0 aliphatic rings. The molecule has 0 saturated heterocycles. The van der Waals surface area contributed by atoms with E-state index in [0.717, 1.165) is 12.1 Å². The minimum absolute atomic E-state index is 0.0333. The quantitative estimate of drug-likeness (QED) is 0.868. The van der Waals surface area contributed by atoms with E-state index in [1.54, 1.807) is 0 Å². The first kappa shape index (κ1) is 12.1. The number of fused-ring (bicyclic) bond motifs is 1. The van der Waals surface area contributed by atoms with Crippen molar-refractivity contribution in [3.63, 3.8) is 0 Å². The molecule has 0 unspecified atom stereocenters. The van der Waals surface area contributed by atoms with Crippen molar-refractivity contribution in [3.8, 4) is 0 Å². The van der Waals surface area contributed by atoms with E-state index in [1.165, 1.54) is 0 Å². The van der Waals surface area contributed by atoms with E-state index in [9.17, 15) is 18.0 Å². The van der Waals surface area contributed by atoms with Crippen molar-refractivity contribution in [1.29, 1.82) is 0 Å². The van der Waals surface area contributed by atoms with Gasteiger partial charge in [-0.05, 0) is 12.1 Å². The molecule has 1 N–H and O–H groups in total. The fourth-order valence-electron chi connectivity index (χ4n) is 1.23. The van der Waals surface area contributed by atoms with Gasteiger partial charge in [0.05, 0.1) is 15.3 Å². The lowest BCUT2D eigenvalue weighted by atomic mass is 10.2. The summed E-state index contributed by atoms with van der Waals surface area (Å²) < 4.78 is 37.3. The van der Waals surface area contributed by atoms with Gasteiger partial charge in [-0.25, -0.2) is 9.78 Å². The third kappa shape index (κ3) is 2.20. The summed E-state index contributed by atoms with van der Waals surface area (Å²) in [5, 5.41) is 7.59. The molecule has 0 amide bonds. The largest absolute Gasteiger partial charge is 0.478 e. The lowest BCUT2D eigenvalue weighted by Crippen LogP contribution is -2.03. The van der Waals surface area contributed by atoms with E-state index < -0.39 is 17.2 Å². The number of thiazole rings is 1. The molecule has 1 heterocycles. The van der Waals surface area contributed by atoms with Gasteiger partial charge in [-0.3, -0.25) is 0 Å². The van der Waals surface area contributed by atoms with E-state index >= 15 is 0 Å². The maximum Gasteiger partial charge on any atom is 0.443 e. The number of carboxylic acid groups (broad SMARTS) is 1. The Morgan fingerprint density at radius 2 is 2.06 bits per heavy atom. The molecule has 2 aromatic rings. The van der Waals surface area contributed by atoms with Gasteiger partial charge in [0.25, 0.3) is 0 Å². The molecule has 0 fully saturated rings. The van der Waals surface area contributed by atoms with Crippen molar-refractivity contribution in [1.82, 2.24) is 4.98 Å². The van der Waals surface area contributed by atoms with Gasteiger partial charge in [-0.1, -0.05) is 11.6 Å². The summed E-state index contributed by atoms with van der Waals surface area (Å²) in [6.45, 7) is 0. The highest BCUT2D eigenvalue weighted by atomic mass is 35.5. The summed E-state index contributed by atoms with van der Waals surface area (Å²) in [7, 11) is 0. The van der Waals surface area contributed by atoms with Crippen LogP contribution in [0.4, 0.5) is 13.2 Å². The lowest BCUT2D eigenvalue weighted by molar-refractivity contribution is -0.137. The summed E-state index contributed by atoms with van der Waals surface area (Å²) >= 11 is 6.05. The van der Waals surface area contributed by atoms with Crippen molar-refractivity contribution >= 4 is 39.1 Å². The zero-order valence-electron chi connectivity index (χ0n) is 7.88. The second-order valence-electron chi connectivity index (χ2n) is 3.13. The first-order valence-electron chi connectivity index (χ1n) is 4.19. The number of hydrogen-bond donors (Lipinski definition) is 1. The maximum atomic E-state index is 12.4. The molecule has 0 saturated carbocycles. The standard InChI is InChI=1S/C9H3ClF3NO2S/c10-4-1-3(7(15)16)2-5-6(4)14-8(17-5)9(11,12)13/h1-2H,(H,15,16). The summed E-state index contributed by atoms with van der Waals surface area (Å²) in [5.41, 5.74) is -0.200. The Morgan fingerprint density at radius 1 is 1.41 bits per heavy atom. The lowest BCUT2D eigenvalue weighted by Gasteiger charge is -1.98. The van der Waals surface area contributed by atoms with Crippen molar-refractivity contribution in [3.05, 3.63) is 27.7 Å². The number of carbonyl (C=O) groups is 1. The molecular weight excluding hydrogens is 279 g/mol. The van der Waals surface area contributed by atoms with E-state index in [1.807, 2.05) is 0 Å².